The molecule has 0 bridgehead atoms. The molecule has 0 aliphatic carbocycles. The molecular weight excluding hydrogens is 250 g/mol. The van der Waals surface area contributed by atoms with Gasteiger partial charge in [-0.2, -0.15) is 0 Å². The minimum absolute atomic E-state index is 0.154. The lowest BCUT2D eigenvalue weighted by molar-refractivity contribution is 0.102. The lowest BCUT2D eigenvalue weighted by Gasteiger charge is -2.11. The zero-order valence-electron chi connectivity index (χ0n) is 12.0. The molecule has 0 aliphatic heterocycles. The molecule has 2 rings (SSSR count). The van der Waals surface area contributed by atoms with E-state index in [4.69, 9.17) is 0 Å². The maximum atomic E-state index is 12.3. The average molecular weight is 269 g/mol. The third-order valence-corrected chi connectivity index (χ3v) is 2.91. The van der Waals surface area contributed by atoms with Crippen LogP contribution >= 0.6 is 0 Å². The Morgan fingerprint density at radius 1 is 1.20 bits per heavy atom. The molecule has 0 saturated carbocycles. The fourth-order valence-corrected chi connectivity index (χ4v) is 2.17. The van der Waals surface area contributed by atoms with Gasteiger partial charge in [-0.3, -0.25) is 9.78 Å². The van der Waals surface area contributed by atoms with E-state index in [0.29, 0.717) is 5.56 Å². The van der Waals surface area contributed by atoms with Crippen LogP contribution in [0.3, 0.4) is 0 Å². The zero-order valence-corrected chi connectivity index (χ0v) is 12.0. The van der Waals surface area contributed by atoms with Crippen LogP contribution in [0.25, 0.3) is 0 Å². The number of nitrogens with zero attached hydrogens (tertiary/aromatic N) is 1. The Bertz CT molecular complexity index is 603. The number of nitrogens with one attached hydrogen (secondary N) is 2. The Kier molecular flexibility index (Phi) is 4.35. The minimum atomic E-state index is -0.154. The Labute approximate surface area is 119 Å². The number of pyridine rings is 1. The van der Waals surface area contributed by atoms with Crippen molar-refractivity contribution >= 4 is 17.3 Å². The van der Waals surface area contributed by atoms with Gasteiger partial charge in [-0.25, -0.2) is 0 Å². The lowest BCUT2D eigenvalue weighted by Crippen LogP contribution is -2.15. The van der Waals surface area contributed by atoms with Gasteiger partial charge in [0.1, 0.15) is 0 Å². The predicted molar refractivity (Wildman–Crippen MR) is 82.3 cm³/mol. The highest BCUT2D eigenvalue weighted by atomic mass is 16.1. The summed E-state index contributed by atoms with van der Waals surface area (Å²) in [5.41, 5.74) is 4.40. The summed E-state index contributed by atoms with van der Waals surface area (Å²) < 4.78 is 0. The third-order valence-electron chi connectivity index (χ3n) is 2.91. The summed E-state index contributed by atoms with van der Waals surface area (Å²) >= 11 is 0. The van der Waals surface area contributed by atoms with E-state index in [2.05, 4.69) is 21.7 Å². The van der Waals surface area contributed by atoms with Crippen molar-refractivity contribution in [3.63, 3.8) is 0 Å². The number of aryl methyl sites for hydroxylation is 2. The van der Waals surface area contributed by atoms with E-state index in [1.165, 1.54) is 0 Å². The highest BCUT2D eigenvalue weighted by molar-refractivity contribution is 6.07. The largest absolute Gasteiger partial charge is 0.385 e. The summed E-state index contributed by atoms with van der Waals surface area (Å²) in [4.78, 5) is 16.4. The highest BCUT2D eigenvalue weighted by Gasteiger charge is 2.11. The second-order valence-electron chi connectivity index (χ2n) is 4.78. The van der Waals surface area contributed by atoms with E-state index in [1.807, 2.05) is 32.9 Å². The Balaban J connectivity index is 2.23. The first-order chi connectivity index (χ1) is 9.60. The second kappa shape index (κ2) is 6.19. The van der Waals surface area contributed by atoms with Gasteiger partial charge in [-0.15, -0.1) is 0 Å². The van der Waals surface area contributed by atoms with E-state index >= 15 is 0 Å². The van der Waals surface area contributed by atoms with Gasteiger partial charge in [0.25, 0.3) is 5.91 Å². The molecule has 0 radical (unpaired) electrons. The molecule has 0 unspecified atom stereocenters. The van der Waals surface area contributed by atoms with Gasteiger partial charge in [-0.1, -0.05) is 6.07 Å². The number of amides is 1. The van der Waals surface area contributed by atoms with Crippen molar-refractivity contribution < 1.29 is 4.79 Å². The zero-order chi connectivity index (χ0) is 14.5. The number of benzene rings is 1. The fourth-order valence-electron chi connectivity index (χ4n) is 2.17. The topological polar surface area (TPSA) is 54.0 Å². The molecule has 0 saturated heterocycles. The van der Waals surface area contributed by atoms with Crippen molar-refractivity contribution in [2.75, 3.05) is 17.2 Å². The van der Waals surface area contributed by atoms with Crippen LogP contribution in [-0.4, -0.2) is 17.4 Å². The lowest BCUT2D eigenvalue weighted by atomic mass is 10.1. The van der Waals surface area contributed by atoms with Crippen LogP contribution in [0.1, 0.15) is 28.4 Å². The van der Waals surface area contributed by atoms with E-state index in [-0.39, 0.29) is 5.91 Å². The SMILES string of the molecule is CCNc1ccncc1C(=O)Nc1cc(C)cc(C)c1. The molecule has 2 aromatic rings. The van der Waals surface area contributed by atoms with Gasteiger partial charge < -0.3 is 10.6 Å². The molecule has 4 nitrogen and oxygen atoms in total. The molecule has 20 heavy (non-hydrogen) atoms. The van der Waals surface area contributed by atoms with Gasteiger partial charge in [0.2, 0.25) is 0 Å². The number of hydrogen-bond acceptors (Lipinski definition) is 3. The smallest absolute Gasteiger partial charge is 0.259 e. The van der Waals surface area contributed by atoms with E-state index in [9.17, 15) is 4.79 Å². The fraction of sp³-hybridized carbons (Fsp3) is 0.250. The molecule has 0 aliphatic rings. The van der Waals surface area contributed by atoms with Crippen LogP contribution in [0.2, 0.25) is 0 Å². The quantitative estimate of drug-likeness (QED) is 0.894. The molecule has 1 aromatic heterocycles. The number of aromatic nitrogens is 1. The molecular formula is C16H19N3O. The molecule has 1 amide bonds. The number of anilines is 2. The van der Waals surface area contributed by atoms with Crippen LogP contribution in [0, 0.1) is 13.8 Å². The summed E-state index contributed by atoms with van der Waals surface area (Å²) in [5.74, 6) is -0.154. The monoisotopic (exact) mass is 269 g/mol. The Hall–Kier alpha value is -2.36. The van der Waals surface area contributed by atoms with Crippen LogP contribution in [-0.2, 0) is 0 Å². The minimum Gasteiger partial charge on any atom is -0.385 e. The van der Waals surface area contributed by atoms with Crippen LogP contribution in [0.15, 0.2) is 36.7 Å². The molecule has 2 N–H and O–H groups in total. The van der Waals surface area contributed by atoms with E-state index < -0.39 is 0 Å². The molecule has 0 atom stereocenters. The maximum absolute atomic E-state index is 12.3. The van der Waals surface area contributed by atoms with Gasteiger partial charge in [0.15, 0.2) is 0 Å². The van der Waals surface area contributed by atoms with Crippen LogP contribution in [0.4, 0.5) is 11.4 Å². The second-order valence-corrected chi connectivity index (χ2v) is 4.78. The molecule has 1 heterocycles. The van der Waals surface area contributed by atoms with Crippen molar-refractivity contribution in [3.8, 4) is 0 Å². The standard InChI is InChI=1S/C16H19N3O/c1-4-18-15-5-6-17-10-14(15)16(20)19-13-8-11(2)7-12(3)9-13/h5-10H,4H2,1-3H3,(H,17,18)(H,19,20). The number of carbonyl (C=O) groups excluding carboxylic acids is 1. The summed E-state index contributed by atoms with van der Waals surface area (Å²) in [6.07, 6.45) is 3.25. The number of carbonyl (C=O) groups is 1. The van der Waals surface area contributed by atoms with Crippen LogP contribution in [0.5, 0.6) is 0 Å². The first-order valence-electron chi connectivity index (χ1n) is 6.67. The normalized spacial score (nSPS) is 10.2. The van der Waals surface area contributed by atoms with Crippen molar-refractivity contribution in [1.29, 1.82) is 0 Å². The molecule has 104 valence electrons. The van der Waals surface area contributed by atoms with Crippen molar-refractivity contribution in [3.05, 3.63) is 53.3 Å². The predicted octanol–water partition coefficient (Wildman–Crippen LogP) is 3.38. The van der Waals surface area contributed by atoms with E-state index in [0.717, 1.165) is 29.0 Å². The Morgan fingerprint density at radius 2 is 1.90 bits per heavy atom. The van der Waals surface area contributed by atoms with Crippen molar-refractivity contribution in [2.45, 2.75) is 20.8 Å². The maximum Gasteiger partial charge on any atom is 0.259 e. The summed E-state index contributed by atoms with van der Waals surface area (Å²) in [5, 5.41) is 6.08. The average Bonchev–Trinajstić information content (AvgIpc) is 2.38. The van der Waals surface area contributed by atoms with Gasteiger partial charge in [-0.05, 0) is 50.1 Å². The number of rotatable bonds is 4. The first kappa shape index (κ1) is 14.1. The van der Waals surface area contributed by atoms with E-state index in [1.54, 1.807) is 18.5 Å². The molecule has 0 spiro atoms. The Morgan fingerprint density at radius 3 is 2.55 bits per heavy atom. The molecule has 0 fully saturated rings. The van der Waals surface area contributed by atoms with Crippen LogP contribution < -0.4 is 10.6 Å². The van der Waals surface area contributed by atoms with Gasteiger partial charge in [0, 0.05) is 24.6 Å². The number of hydrogen-bond donors (Lipinski definition) is 2. The molecule has 4 heteroatoms. The summed E-state index contributed by atoms with van der Waals surface area (Å²) in [6, 6.07) is 7.78. The summed E-state index contributed by atoms with van der Waals surface area (Å²) in [6.45, 7) is 6.77. The van der Waals surface area contributed by atoms with Gasteiger partial charge in [0.05, 0.1) is 11.3 Å². The van der Waals surface area contributed by atoms with Gasteiger partial charge >= 0.3 is 0 Å². The summed E-state index contributed by atoms with van der Waals surface area (Å²) in [7, 11) is 0. The highest BCUT2D eigenvalue weighted by Crippen LogP contribution is 2.18. The third kappa shape index (κ3) is 3.35. The molecule has 1 aromatic carbocycles. The van der Waals surface area contributed by atoms with Crippen molar-refractivity contribution in [2.24, 2.45) is 0 Å². The van der Waals surface area contributed by atoms with Crippen molar-refractivity contribution in [1.82, 2.24) is 4.98 Å². The first-order valence-corrected chi connectivity index (χ1v) is 6.67.